The normalized spacial score (nSPS) is 15.9. The van der Waals surface area contributed by atoms with Gasteiger partial charge in [-0.25, -0.2) is 4.99 Å². The molecule has 2 N–H and O–H groups in total. The molecule has 0 aliphatic heterocycles. The molecule has 0 atom stereocenters. The van der Waals surface area contributed by atoms with Crippen molar-refractivity contribution < 1.29 is 9.47 Å². The van der Waals surface area contributed by atoms with Crippen LogP contribution in [0.5, 0.6) is 5.75 Å². The first-order chi connectivity index (χ1) is 12.7. The molecule has 1 aromatic carbocycles. The Morgan fingerprint density at radius 1 is 1.19 bits per heavy atom. The number of hydrogen-bond acceptors (Lipinski definition) is 3. The number of aliphatic imine (C=N–C) groups is 1. The highest BCUT2D eigenvalue weighted by atomic mass is 127. The van der Waals surface area contributed by atoms with E-state index in [4.69, 9.17) is 14.5 Å². The number of nitrogens with one attached hydrogen (secondary N) is 2. The second-order valence-corrected chi connectivity index (χ2v) is 7.08. The Hall–Kier alpha value is -1.02. The number of rotatable bonds is 10. The quantitative estimate of drug-likeness (QED) is 0.292. The molecule has 0 spiro atoms. The van der Waals surface area contributed by atoms with E-state index in [1.165, 1.54) is 25.7 Å². The largest absolute Gasteiger partial charge is 0.494 e. The van der Waals surface area contributed by atoms with Crippen molar-refractivity contribution >= 4 is 29.9 Å². The molecule has 0 radical (unpaired) electrons. The number of ether oxygens (including phenoxy) is 2. The van der Waals surface area contributed by atoms with Gasteiger partial charge in [-0.2, -0.15) is 0 Å². The Balaban J connectivity index is 0.00000364. The Morgan fingerprint density at radius 3 is 2.63 bits per heavy atom. The lowest BCUT2D eigenvalue weighted by Crippen LogP contribution is -2.43. The number of nitrogens with zero attached hydrogens (tertiary/aromatic N) is 1. The van der Waals surface area contributed by atoms with Crippen LogP contribution in [0.3, 0.4) is 0 Å². The van der Waals surface area contributed by atoms with Crippen LogP contribution in [-0.4, -0.2) is 39.4 Å². The zero-order chi connectivity index (χ0) is 18.7. The number of hydrogen-bond donors (Lipinski definition) is 2. The first-order valence-electron chi connectivity index (χ1n) is 9.94. The Bertz CT molecular complexity index is 560. The third-order valence-electron chi connectivity index (χ3n) is 5.10. The van der Waals surface area contributed by atoms with Gasteiger partial charge in [0, 0.05) is 26.8 Å². The molecule has 0 heterocycles. The van der Waals surface area contributed by atoms with Gasteiger partial charge in [0.1, 0.15) is 5.75 Å². The molecule has 0 saturated heterocycles. The van der Waals surface area contributed by atoms with Crippen molar-refractivity contribution in [2.75, 3.05) is 33.4 Å². The van der Waals surface area contributed by atoms with Gasteiger partial charge in [-0.05, 0) is 56.2 Å². The molecule has 0 unspecified atom stereocenters. The number of benzene rings is 1. The lowest BCUT2D eigenvalue weighted by molar-refractivity contribution is 0.138. The van der Waals surface area contributed by atoms with Crippen LogP contribution in [0.15, 0.2) is 29.3 Å². The molecule has 1 aromatic rings. The van der Waals surface area contributed by atoms with Gasteiger partial charge in [-0.3, -0.25) is 0 Å². The second kappa shape index (κ2) is 13.2. The van der Waals surface area contributed by atoms with Crippen LogP contribution in [-0.2, 0) is 11.3 Å². The number of guanidine groups is 1. The molecular weight excluding hydrogens is 453 g/mol. The minimum absolute atomic E-state index is 0. The van der Waals surface area contributed by atoms with Crippen molar-refractivity contribution in [2.45, 2.75) is 52.5 Å². The zero-order valence-corrected chi connectivity index (χ0v) is 19.4. The highest BCUT2D eigenvalue weighted by molar-refractivity contribution is 14.0. The maximum Gasteiger partial charge on any atom is 0.191 e. The summed E-state index contributed by atoms with van der Waals surface area (Å²) in [5.74, 6) is 1.79. The van der Waals surface area contributed by atoms with Crippen molar-refractivity contribution in [3.05, 3.63) is 29.8 Å². The summed E-state index contributed by atoms with van der Waals surface area (Å²) in [5, 5.41) is 6.94. The average molecular weight is 489 g/mol. The minimum Gasteiger partial charge on any atom is -0.494 e. The van der Waals surface area contributed by atoms with E-state index in [-0.39, 0.29) is 24.0 Å². The van der Waals surface area contributed by atoms with Crippen LogP contribution >= 0.6 is 24.0 Å². The Labute approximate surface area is 181 Å². The van der Waals surface area contributed by atoms with Crippen molar-refractivity contribution in [1.29, 1.82) is 0 Å². The first kappa shape index (κ1) is 24.0. The fraction of sp³-hybridized carbons (Fsp3) is 0.667. The monoisotopic (exact) mass is 489 g/mol. The van der Waals surface area contributed by atoms with E-state index in [0.29, 0.717) is 18.6 Å². The predicted molar refractivity (Wildman–Crippen MR) is 123 cm³/mol. The van der Waals surface area contributed by atoms with E-state index in [1.807, 2.05) is 19.1 Å². The summed E-state index contributed by atoms with van der Waals surface area (Å²) in [6.07, 6.45) is 6.32. The maximum atomic E-state index is 5.58. The fourth-order valence-corrected chi connectivity index (χ4v) is 3.64. The molecule has 1 aliphatic carbocycles. The van der Waals surface area contributed by atoms with Crippen LogP contribution in [0.4, 0.5) is 0 Å². The number of methoxy groups -OCH3 is 1. The van der Waals surface area contributed by atoms with E-state index in [9.17, 15) is 0 Å². The first-order valence-corrected chi connectivity index (χ1v) is 9.94. The van der Waals surface area contributed by atoms with Gasteiger partial charge in [-0.15, -0.1) is 24.0 Å². The summed E-state index contributed by atoms with van der Waals surface area (Å²) >= 11 is 0. The van der Waals surface area contributed by atoms with Gasteiger partial charge in [0.2, 0.25) is 0 Å². The molecule has 1 fully saturated rings. The average Bonchev–Trinajstić information content (AvgIpc) is 3.12. The van der Waals surface area contributed by atoms with Gasteiger partial charge in [0.05, 0.1) is 13.2 Å². The van der Waals surface area contributed by atoms with Gasteiger partial charge < -0.3 is 20.1 Å². The topological polar surface area (TPSA) is 54.9 Å². The molecule has 27 heavy (non-hydrogen) atoms. The van der Waals surface area contributed by atoms with Crippen molar-refractivity contribution in [3.8, 4) is 5.75 Å². The third-order valence-corrected chi connectivity index (χ3v) is 5.10. The lowest BCUT2D eigenvalue weighted by Gasteiger charge is -2.30. The summed E-state index contributed by atoms with van der Waals surface area (Å²) in [4.78, 5) is 4.76. The zero-order valence-electron chi connectivity index (χ0n) is 17.1. The van der Waals surface area contributed by atoms with E-state index in [0.717, 1.165) is 43.4 Å². The van der Waals surface area contributed by atoms with E-state index in [1.54, 1.807) is 7.11 Å². The Kier molecular flexibility index (Phi) is 11.7. The maximum absolute atomic E-state index is 5.58. The smallest absolute Gasteiger partial charge is 0.191 e. The molecule has 0 amide bonds. The summed E-state index contributed by atoms with van der Waals surface area (Å²) in [5.41, 5.74) is 1.50. The summed E-state index contributed by atoms with van der Waals surface area (Å²) in [7, 11) is 1.79. The van der Waals surface area contributed by atoms with Crippen LogP contribution in [0.1, 0.15) is 51.5 Å². The van der Waals surface area contributed by atoms with Crippen molar-refractivity contribution in [2.24, 2.45) is 10.4 Å². The summed E-state index contributed by atoms with van der Waals surface area (Å²) in [6.45, 7) is 8.07. The van der Waals surface area contributed by atoms with Gasteiger partial charge in [0.25, 0.3) is 0 Å². The van der Waals surface area contributed by atoms with Crippen molar-refractivity contribution in [3.63, 3.8) is 0 Å². The number of halogens is 1. The summed E-state index contributed by atoms with van der Waals surface area (Å²) in [6, 6.07) is 8.16. The molecule has 6 heteroatoms. The fourth-order valence-electron chi connectivity index (χ4n) is 3.64. The van der Waals surface area contributed by atoms with E-state index < -0.39 is 0 Å². The van der Waals surface area contributed by atoms with Gasteiger partial charge >= 0.3 is 0 Å². The second-order valence-electron chi connectivity index (χ2n) is 7.08. The molecule has 2 rings (SSSR count). The molecular formula is C21H36IN3O2. The van der Waals surface area contributed by atoms with E-state index >= 15 is 0 Å². The third kappa shape index (κ3) is 8.25. The van der Waals surface area contributed by atoms with Crippen LogP contribution in [0.25, 0.3) is 0 Å². The molecule has 154 valence electrons. The highest BCUT2D eigenvalue weighted by Crippen LogP contribution is 2.40. The molecule has 0 aromatic heterocycles. The minimum atomic E-state index is 0. The van der Waals surface area contributed by atoms with Gasteiger partial charge in [-0.1, -0.05) is 25.0 Å². The molecule has 1 saturated carbocycles. The van der Waals surface area contributed by atoms with Crippen molar-refractivity contribution in [1.82, 2.24) is 10.6 Å². The molecule has 1 aliphatic rings. The standard InChI is InChI=1S/C21H35N3O2.HI/c1-4-22-20(23-16-18-9-8-10-19(15-18)26-5-2)24-17-21(13-14-25-3)11-6-7-12-21;/h8-10,15H,4-7,11-14,16-17H2,1-3H3,(H2,22,23,24);1H. The van der Waals surface area contributed by atoms with E-state index in [2.05, 4.69) is 29.7 Å². The molecule has 5 nitrogen and oxygen atoms in total. The SMILES string of the molecule is CCNC(=NCc1cccc(OCC)c1)NCC1(CCOC)CCCC1.I. The summed E-state index contributed by atoms with van der Waals surface area (Å²) < 4.78 is 10.9. The van der Waals surface area contributed by atoms with Crippen LogP contribution in [0.2, 0.25) is 0 Å². The highest BCUT2D eigenvalue weighted by Gasteiger charge is 2.33. The Morgan fingerprint density at radius 2 is 1.96 bits per heavy atom. The van der Waals surface area contributed by atoms with Gasteiger partial charge in [0.15, 0.2) is 5.96 Å². The van der Waals surface area contributed by atoms with Crippen LogP contribution in [0, 0.1) is 5.41 Å². The lowest BCUT2D eigenvalue weighted by atomic mass is 9.83. The predicted octanol–water partition coefficient (Wildman–Crippen LogP) is 4.36. The van der Waals surface area contributed by atoms with Crippen LogP contribution < -0.4 is 15.4 Å². The molecule has 0 bridgehead atoms.